The molecule has 0 atom stereocenters. The number of anilines is 2. The molecule has 4 aromatic rings. The number of para-hydroxylation sites is 1. The second-order valence-corrected chi connectivity index (χ2v) is 11.4. The summed E-state index contributed by atoms with van der Waals surface area (Å²) in [5, 5.41) is 1.95. The average Bonchev–Trinajstić information content (AvgIpc) is 3.38. The van der Waals surface area contributed by atoms with Crippen molar-refractivity contribution >= 4 is 63.2 Å². The summed E-state index contributed by atoms with van der Waals surface area (Å²) >= 11 is 3.24. The van der Waals surface area contributed by atoms with Gasteiger partial charge in [-0.3, -0.25) is 0 Å². The Morgan fingerprint density at radius 3 is 2.32 bits per heavy atom. The van der Waals surface area contributed by atoms with Crippen molar-refractivity contribution in [2.45, 2.75) is 11.8 Å². The van der Waals surface area contributed by atoms with Gasteiger partial charge in [-0.05, 0) is 37.3 Å². The Hall–Kier alpha value is -2.43. The molecule has 1 fully saturated rings. The van der Waals surface area contributed by atoms with Crippen LogP contribution < -0.4 is 14.5 Å². The summed E-state index contributed by atoms with van der Waals surface area (Å²) in [6.45, 7) is 6.00. The number of fused-ring (bicyclic) bond motifs is 2. The molecule has 1 aliphatic heterocycles. The second kappa shape index (κ2) is 7.92. The van der Waals surface area contributed by atoms with Crippen LogP contribution in [0, 0.1) is 0 Å². The fourth-order valence-electron chi connectivity index (χ4n) is 3.67. The zero-order valence-electron chi connectivity index (χ0n) is 17.2. The second-order valence-electron chi connectivity index (χ2n) is 7.40. The van der Waals surface area contributed by atoms with E-state index >= 15 is 0 Å². The maximum atomic E-state index is 11.8. The third-order valence-electron chi connectivity index (χ3n) is 5.27. The van der Waals surface area contributed by atoms with Crippen molar-refractivity contribution < 1.29 is 13.2 Å². The fourth-order valence-corrected chi connectivity index (χ4v) is 6.48. The molecular formula is C21H22N4O3S3. The summed E-state index contributed by atoms with van der Waals surface area (Å²) in [6, 6.07) is 11.2. The molecular weight excluding hydrogens is 452 g/mol. The molecule has 0 bridgehead atoms. The van der Waals surface area contributed by atoms with Crippen LogP contribution in [0.2, 0.25) is 0 Å². The highest BCUT2D eigenvalue weighted by molar-refractivity contribution is 7.90. The van der Waals surface area contributed by atoms with Crippen LogP contribution in [0.5, 0.6) is 5.75 Å². The molecule has 0 radical (unpaired) electrons. The first-order valence-corrected chi connectivity index (χ1v) is 13.6. The van der Waals surface area contributed by atoms with E-state index in [-0.39, 0.29) is 0 Å². The number of rotatable bonds is 5. The summed E-state index contributed by atoms with van der Waals surface area (Å²) < 4.78 is 31.4. The van der Waals surface area contributed by atoms with E-state index in [4.69, 9.17) is 14.7 Å². The van der Waals surface area contributed by atoms with Crippen molar-refractivity contribution in [3.63, 3.8) is 0 Å². The maximum Gasteiger partial charge on any atom is 0.186 e. The smallest absolute Gasteiger partial charge is 0.186 e. The molecule has 0 spiro atoms. The van der Waals surface area contributed by atoms with Crippen molar-refractivity contribution in [2.24, 2.45) is 0 Å². The number of piperazine rings is 1. The van der Waals surface area contributed by atoms with E-state index < -0.39 is 9.84 Å². The lowest BCUT2D eigenvalue weighted by molar-refractivity contribution is 0.344. The molecule has 0 aliphatic carbocycles. The quantitative estimate of drug-likeness (QED) is 0.432. The largest absolute Gasteiger partial charge is 0.492 e. The number of aromatic nitrogens is 2. The van der Waals surface area contributed by atoms with E-state index in [0.29, 0.717) is 11.5 Å². The van der Waals surface area contributed by atoms with Gasteiger partial charge in [-0.2, -0.15) is 0 Å². The third-order valence-corrected chi connectivity index (χ3v) is 8.54. The van der Waals surface area contributed by atoms with Gasteiger partial charge in [0, 0.05) is 32.4 Å². The van der Waals surface area contributed by atoms with E-state index in [2.05, 4.69) is 15.9 Å². The van der Waals surface area contributed by atoms with E-state index in [9.17, 15) is 8.42 Å². The third kappa shape index (κ3) is 3.95. The van der Waals surface area contributed by atoms with Gasteiger partial charge in [0.15, 0.2) is 20.1 Å². The minimum atomic E-state index is -3.22. The molecule has 162 valence electrons. The van der Waals surface area contributed by atoms with Gasteiger partial charge < -0.3 is 14.5 Å². The normalized spacial score (nSPS) is 15.2. The number of benzene rings is 2. The topological polar surface area (TPSA) is 75.6 Å². The summed E-state index contributed by atoms with van der Waals surface area (Å²) in [6.07, 6.45) is 1.23. The number of thiazole rings is 2. The van der Waals surface area contributed by atoms with Crippen LogP contribution in [0.1, 0.15) is 6.92 Å². The zero-order chi connectivity index (χ0) is 21.6. The van der Waals surface area contributed by atoms with Crippen molar-refractivity contribution in [1.29, 1.82) is 0 Å². The molecule has 3 heterocycles. The van der Waals surface area contributed by atoms with Gasteiger partial charge in [-0.1, -0.05) is 28.7 Å². The highest BCUT2D eigenvalue weighted by Gasteiger charge is 2.23. The maximum absolute atomic E-state index is 11.8. The standard InChI is InChI=1S/C21H22N4O3S3/c1-3-28-16-5-4-6-17-19(16)23-21(29-17)25-11-9-24(10-12-25)20-22-15-8-7-14(31(2,26)27)13-18(15)30-20/h4-8,13H,3,9-12H2,1-2H3. The first-order valence-electron chi connectivity index (χ1n) is 10.1. The molecule has 0 amide bonds. The molecule has 10 heteroatoms. The number of nitrogens with zero attached hydrogens (tertiary/aromatic N) is 4. The Bertz CT molecular complexity index is 1350. The molecule has 7 nitrogen and oxygen atoms in total. The predicted molar refractivity (Wildman–Crippen MR) is 128 cm³/mol. The van der Waals surface area contributed by atoms with Crippen LogP contribution in [0.4, 0.5) is 10.3 Å². The average molecular weight is 475 g/mol. The van der Waals surface area contributed by atoms with Gasteiger partial charge in [0.05, 0.1) is 26.4 Å². The van der Waals surface area contributed by atoms with Gasteiger partial charge >= 0.3 is 0 Å². The van der Waals surface area contributed by atoms with Crippen LogP contribution in [-0.4, -0.2) is 57.4 Å². The number of sulfone groups is 1. The van der Waals surface area contributed by atoms with Crippen LogP contribution in [0.25, 0.3) is 20.4 Å². The van der Waals surface area contributed by atoms with E-state index in [1.165, 1.54) is 6.26 Å². The van der Waals surface area contributed by atoms with E-state index in [1.54, 1.807) is 40.9 Å². The molecule has 0 N–H and O–H groups in total. The summed E-state index contributed by atoms with van der Waals surface area (Å²) in [7, 11) is -3.22. The number of ether oxygens (including phenoxy) is 1. The Morgan fingerprint density at radius 1 is 0.968 bits per heavy atom. The molecule has 0 saturated carbocycles. The summed E-state index contributed by atoms with van der Waals surface area (Å²) in [5.74, 6) is 0.837. The Kier molecular flexibility index (Phi) is 5.23. The summed E-state index contributed by atoms with van der Waals surface area (Å²) in [5.41, 5.74) is 1.77. The van der Waals surface area contributed by atoms with Crippen LogP contribution in [0.3, 0.4) is 0 Å². The predicted octanol–water partition coefficient (Wildman–Crippen LogP) is 4.03. The monoisotopic (exact) mass is 474 g/mol. The lowest BCUT2D eigenvalue weighted by atomic mass is 10.3. The molecule has 2 aromatic heterocycles. The van der Waals surface area contributed by atoms with E-state index in [0.717, 1.165) is 62.6 Å². The lowest BCUT2D eigenvalue weighted by Crippen LogP contribution is -2.46. The van der Waals surface area contributed by atoms with Gasteiger partial charge in [-0.15, -0.1) is 0 Å². The first kappa shape index (κ1) is 20.5. The lowest BCUT2D eigenvalue weighted by Gasteiger charge is -2.34. The summed E-state index contributed by atoms with van der Waals surface area (Å²) in [4.78, 5) is 14.5. The van der Waals surface area contributed by atoms with Gasteiger partial charge in [0.25, 0.3) is 0 Å². The van der Waals surface area contributed by atoms with Gasteiger partial charge in [0.1, 0.15) is 11.3 Å². The number of hydrogen-bond acceptors (Lipinski definition) is 9. The number of hydrogen-bond donors (Lipinski definition) is 0. The molecule has 1 saturated heterocycles. The SMILES string of the molecule is CCOc1cccc2sc(N3CCN(c4nc5ccc(S(C)(=O)=O)cc5s4)CC3)nc12. The molecule has 5 rings (SSSR count). The minimum absolute atomic E-state index is 0.335. The Morgan fingerprint density at radius 2 is 1.65 bits per heavy atom. The fraction of sp³-hybridized carbons (Fsp3) is 0.333. The Labute approximate surface area is 188 Å². The van der Waals surface area contributed by atoms with Crippen molar-refractivity contribution in [1.82, 2.24) is 9.97 Å². The molecule has 31 heavy (non-hydrogen) atoms. The van der Waals surface area contributed by atoms with E-state index in [1.807, 2.05) is 19.1 Å². The van der Waals surface area contributed by atoms with Crippen molar-refractivity contribution in [3.8, 4) is 5.75 Å². The minimum Gasteiger partial charge on any atom is -0.492 e. The van der Waals surface area contributed by atoms with Crippen LogP contribution in [0.15, 0.2) is 41.3 Å². The molecule has 2 aromatic carbocycles. The van der Waals surface area contributed by atoms with Crippen LogP contribution >= 0.6 is 22.7 Å². The van der Waals surface area contributed by atoms with Crippen LogP contribution in [-0.2, 0) is 9.84 Å². The van der Waals surface area contributed by atoms with Crippen molar-refractivity contribution in [2.75, 3.05) is 48.8 Å². The Balaban J connectivity index is 1.33. The molecule has 1 aliphatic rings. The first-order chi connectivity index (χ1) is 14.9. The van der Waals surface area contributed by atoms with Gasteiger partial charge in [-0.25, -0.2) is 18.4 Å². The zero-order valence-corrected chi connectivity index (χ0v) is 19.7. The molecule has 0 unspecified atom stereocenters. The highest BCUT2D eigenvalue weighted by atomic mass is 32.2. The van der Waals surface area contributed by atoms with Crippen molar-refractivity contribution in [3.05, 3.63) is 36.4 Å². The highest BCUT2D eigenvalue weighted by Crippen LogP contribution is 2.36. The van der Waals surface area contributed by atoms with Gasteiger partial charge in [0.2, 0.25) is 0 Å².